The first-order valence-corrected chi connectivity index (χ1v) is 13.6. The fraction of sp³-hybridized carbons (Fsp3) is 0.194. The molecule has 0 saturated carbocycles. The summed E-state index contributed by atoms with van der Waals surface area (Å²) < 4.78 is 7.79. The van der Waals surface area contributed by atoms with E-state index in [1.165, 1.54) is 4.90 Å². The zero-order valence-electron chi connectivity index (χ0n) is 21.8. The van der Waals surface area contributed by atoms with Gasteiger partial charge in [0, 0.05) is 31.0 Å². The molecular formula is C31H27Cl2N3O4. The van der Waals surface area contributed by atoms with Crippen molar-refractivity contribution in [3.63, 3.8) is 0 Å². The van der Waals surface area contributed by atoms with Crippen LogP contribution in [0, 0.1) is 6.92 Å². The van der Waals surface area contributed by atoms with Crippen LogP contribution in [0.5, 0.6) is 5.75 Å². The lowest BCUT2D eigenvalue weighted by Gasteiger charge is -2.25. The SMILES string of the molecule is Cc1cccc(COc2ccc(C(O)=C3C(=O)C(=O)N(CCCn4ccnc4)C3c3ccc(Cl)c(Cl)c3)cc2)c1. The molecule has 0 radical (unpaired) electrons. The predicted molar refractivity (Wildman–Crippen MR) is 154 cm³/mol. The van der Waals surface area contributed by atoms with Gasteiger partial charge in [-0.25, -0.2) is 4.98 Å². The summed E-state index contributed by atoms with van der Waals surface area (Å²) in [6.45, 7) is 3.32. The van der Waals surface area contributed by atoms with Crippen molar-refractivity contribution in [3.05, 3.63) is 123 Å². The van der Waals surface area contributed by atoms with E-state index in [9.17, 15) is 14.7 Å². The topological polar surface area (TPSA) is 84.7 Å². The van der Waals surface area contributed by atoms with Gasteiger partial charge in [-0.15, -0.1) is 0 Å². The molecule has 1 aromatic heterocycles. The van der Waals surface area contributed by atoms with Crippen LogP contribution in [-0.2, 0) is 22.7 Å². The van der Waals surface area contributed by atoms with E-state index in [1.807, 2.05) is 35.9 Å². The Hall–Kier alpha value is -4.07. The Morgan fingerprint density at radius 1 is 1.00 bits per heavy atom. The lowest BCUT2D eigenvalue weighted by molar-refractivity contribution is -0.139. The monoisotopic (exact) mass is 575 g/mol. The number of ketones is 1. The molecule has 0 spiro atoms. The van der Waals surface area contributed by atoms with Crippen LogP contribution in [0.15, 0.2) is 91.0 Å². The average Bonchev–Trinajstić information content (AvgIpc) is 3.56. The Morgan fingerprint density at radius 3 is 2.50 bits per heavy atom. The molecule has 1 N–H and O–H groups in total. The number of aliphatic hydroxyl groups is 1. The summed E-state index contributed by atoms with van der Waals surface area (Å²) in [6, 6.07) is 19.0. The van der Waals surface area contributed by atoms with Crippen molar-refractivity contribution in [1.82, 2.24) is 14.5 Å². The molecule has 3 aromatic carbocycles. The van der Waals surface area contributed by atoms with Gasteiger partial charge in [0.05, 0.1) is 28.0 Å². The lowest BCUT2D eigenvalue weighted by Crippen LogP contribution is -2.31. The molecule has 1 atom stereocenters. The van der Waals surface area contributed by atoms with Crippen LogP contribution >= 0.6 is 23.2 Å². The number of amides is 1. The number of halogens is 2. The summed E-state index contributed by atoms with van der Waals surface area (Å²) in [5.74, 6) is -1.09. The summed E-state index contributed by atoms with van der Waals surface area (Å²) in [4.78, 5) is 32.0. The molecule has 4 aromatic rings. The molecule has 7 nitrogen and oxygen atoms in total. The second-order valence-electron chi connectivity index (χ2n) is 9.62. The van der Waals surface area contributed by atoms with Crippen LogP contribution < -0.4 is 4.74 Å². The number of Topliss-reactive ketones (excluding diaryl/α,β-unsaturated/α-hetero) is 1. The molecule has 1 aliphatic rings. The average molecular weight is 576 g/mol. The highest BCUT2D eigenvalue weighted by Gasteiger charge is 2.45. The van der Waals surface area contributed by atoms with Crippen molar-refractivity contribution >= 4 is 40.7 Å². The van der Waals surface area contributed by atoms with Crippen molar-refractivity contribution in [3.8, 4) is 5.75 Å². The normalized spacial score (nSPS) is 16.5. The van der Waals surface area contributed by atoms with E-state index in [1.54, 1.807) is 55.0 Å². The minimum Gasteiger partial charge on any atom is -0.507 e. The first-order valence-electron chi connectivity index (χ1n) is 12.8. The third-order valence-corrected chi connectivity index (χ3v) is 7.53. The van der Waals surface area contributed by atoms with E-state index in [0.717, 1.165) is 11.1 Å². The Morgan fingerprint density at radius 2 is 1.80 bits per heavy atom. The van der Waals surface area contributed by atoms with Crippen LogP contribution in [0.1, 0.15) is 34.7 Å². The highest BCUT2D eigenvalue weighted by Crippen LogP contribution is 2.41. The maximum atomic E-state index is 13.3. The van der Waals surface area contributed by atoms with Crippen LogP contribution in [0.4, 0.5) is 0 Å². The number of nitrogens with zero attached hydrogens (tertiary/aromatic N) is 3. The smallest absolute Gasteiger partial charge is 0.295 e. The molecule has 2 heterocycles. The standard InChI is InChI=1S/C31H27Cl2N3O4/c1-20-4-2-5-21(16-20)18-40-24-9-6-22(7-10-24)29(37)27-28(23-8-11-25(32)26(33)17-23)36(31(39)30(27)38)14-3-13-35-15-12-34-19-35/h2,4-12,15-17,19,28,37H,3,13-14,18H2,1H3. The van der Waals surface area contributed by atoms with Gasteiger partial charge in [0.1, 0.15) is 18.1 Å². The Labute approximate surface area is 242 Å². The second kappa shape index (κ2) is 12.0. The molecule has 1 saturated heterocycles. The highest BCUT2D eigenvalue weighted by atomic mass is 35.5. The Balaban J connectivity index is 1.43. The summed E-state index contributed by atoms with van der Waals surface area (Å²) >= 11 is 12.4. The first-order chi connectivity index (χ1) is 19.3. The molecular weight excluding hydrogens is 549 g/mol. The molecule has 5 rings (SSSR count). The van der Waals surface area contributed by atoms with E-state index < -0.39 is 17.7 Å². The zero-order chi connectivity index (χ0) is 28.2. The number of aliphatic hydroxyl groups excluding tert-OH is 1. The summed E-state index contributed by atoms with van der Waals surface area (Å²) in [5, 5.41) is 12.0. The lowest BCUT2D eigenvalue weighted by atomic mass is 9.95. The van der Waals surface area contributed by atoms with Gasteiger partial charge in [-0.2, -0.15) is 0 Å². The molecule has 204 valence electrons. The highest BCUT2D eigenvalue weighted by molar-refractivity contribution is 6.46. The number of likely N-dealkylation sites (tertiary alicyclic amines) is 1. The maximum Gasteiger partial charge on any atom is 0.295 e. The van der Waals surface area contributed by atoms with E-state index in [-0.39, 0.29) is 17.9 Å². The largest absolute Gasteiger partial charge is 0.507 e. The van der Waals surface area contributed by atoms with Crippen molar-refractivity contribution in [2.45, 2.75) is 32.5 Å². The molecule has 1 fully saturated rings. The minimum absolute atomic E-state index is 0.000510. The Bertz CT molecular complexity index is 1570. The molecule has 1 aliphatic heterocycles. The minimum atomic E-state index is -0.824. The quantitative estimate of drug-likeness (QED) is 0.138. The zero-order valence-corrected chi connectivity index (χ0v) is 23.3. The third-order valence-electron chi connectivity index (χ3n) is 6.79. The van der Waals surface area contributed by atoms with Crippen molar-refractivity contribution in [2.24, 2.45) is 0 Å². The number of ether oxygens (including phenoxy) is 1. The number of hydrogen-bond acceptors (Lipinski definition) is 5. The number of aromatic nitrogens is 2. The fourth-order valence-corrected chi connectivity index (χ4v) is 5.12. The summed E-state index contributed by atoms with van der Waals surface area (Å²) in [5.41, 5.74) is 3.16. The van der Waals surface area contributed by atoms with Crippen molar-refractivity contribution in [2.75, 3.05) is 6.54 Å². The number of aryl methyl sites for hydroxylation is 2. The van der Waals surface area contributed by atoms with Gasteiger partial charge in [-0.05, 0) is 60.9 Å². The molecule has 0 aliphatic carbocycles. The van der Waals surface area contributed by atoms with Crippen molar-refractivity contribution < 1.29 is 19.4 Å². The number of carbonyl (C=O) groups is 2. The van der Waals surface area contributed by atoms with Gasteiger partial charge >= 0.3 is 0 Å². The van der Waals surface area contributed by atoms with Gasteiger partial charge in [0.2, 0.25) is 0 Å². The number of benzene rings is 3. The van der Waals surface area contributed by atoms with Crippen molar-refractivity contribution in [1.29, 1.82) is 0 Å². The number of rotatable bonds is 9. The molecule has 9 heteroatoms. The van der Waals surface area contributed by atoms with Gasteiger partial charge in [-0.1, -0.05) is 59.1 Å². The Kier molecular flexibility index (Phi) is 8.24. The maximum absolute atomic E-state index is 13.3. The van der Waals surface area contributed by atoms with Gasteiger partial charge in [0.15, 0.2) is 0 Å². The molecule has 0 bridgehead atoms. The third kappa shape index (κ3) is 5.91. The van der Waals surface area contributed by atoms with Crippen LogP contribution in [-0.4, -0.2) is 37.8 Å². The van der Waals surface area contributed by atoms with E-state index in [4.69, 9.17) is 27.9 Å². The summed E-state index contributed by atoms with van der Waals surface area (Å²) in [6.07, 6.45) is 5.78. The first kappa shape index (κ1) is 27.5. The predicted octanol–water partition coefficient (Wildman–Crippen LogP) is 6.59. The number of carbonyl (C=O) groups excluding carboxylic acids is 2. The van der Waals surface area contributed by atoms with Gasteiger partial charge < -0.3 is 19.3 Å². The second-order valence-corrected chi connectivity index (χ2v) is 10.4. The molecule has 40 heavy (non-hydrogen) atoms. The summed E-state index contributed by atoms with van der Waals surface area (Å²) in [7, 11) is 0. The van der Waals surface area contributed by atoms with Crippen LogP contribution in [0.3, 0.4) is 0 Å². The number of hydrogen-bond donors (Lipinski definition) is 1. The molecule has 1 amide bonds. The number of imidazole rings is 1. The van der Waals surface area contributed by atoms with Crippen LogP contribution in [0.2, 0.25) is 10.0 Å². The van der Waals surface area contributed by atoms with E-state index in [2.05, 4.69) is 11.1 Å². The van der Waals surface area contributed by atoms with Crippen LogP contribution in [0.25, 0.3) is 5.76 Å². The van der Waals surface area contributed by atoms with Gasteiger partial charge in [-0.3, -0.25) is 9.59 Å². The van der Waals surface area contributed by atoms with E-state index >= 15 is 0 Å². The fourth-order valence-electron chi connectivity index (χ4n) is 4.82. The van der Waals surface area contributed by atoms with E-state index in [0.29, 0.717) is 46.5 Å². The van der Waals surface area contributed by atoms with Gasteiger partial charge in [0.25, 0.3) is 11.7 Å². The molecule has 1 unspecified atom stereocenters.